The molecule has 0 spiro atoms. The molecule has 1 aromatic carbocycles. The number of aryl methyl sites for hydroxylation is 1. The Hall–Kier alpha value is -1.75. The fraction of sp³-hybridized carbons (Fsp3) is 0.182. The normalized spacial score (nSPS) is 10.8. The highest BCUT2D eigenvalue weighted by Gasteiger charge is 2.14. The molecule has 5 heteroatoms. The van der Waals surface area contributed by atoms with Gasteiger partial charge >= 0.3 is 0 Å². The molecule has 1 N–H and O–H groups in total. The highest BCUT2D eigenvalue weighted by Crippen LogP contribution is 2.26. The maximum atomic E-state index is 13.0. The average molecular weight is 225 g/mol. The van der Waals surface area contributed by atoms with Gasteiger partial charge in [0.2, 0.25) is 0 Å². The van der Waals surface area contributed by atoms with Crippen molar-refractivity contribution in [2.75, 3.05) is 0 Å². The van der Waals surface area contributed by atoms with E-state index in [1.807, 2.05) is 0 Å². The molecule has 1 aromatic heterocycles. The minimum atomic E-state index is -0.701. The fourth-order valence-corrected chi connectivity index (χ4v) is 1.49. The number of halogens is 2. The lowest BCUT2D eigenvalue weighted by atomic mass is 10.1. The van der Waals surface area contributed by atoms with E-state index in [4.69, 9.17) is 9.52 Å². The van der Waals surface area contributed by atoms with E-state index in [1.54, 1.807) is 6.92 Å². The highest BCUT2D eigenvalue weighted by molar-refractivity contribution is 5.60. The van der Waals surface area contributed by atoms with E-state index in [2.05, 4.69) is 4.98 Å². The van der Waals surface area contributed by atoms with Gasteiger partial charge in [0.15, 0.2) is 11.7 Å². The van der Waals surface area contributed by atoms with Gasteiger partial charge in [-0.3, -0.25) is 0 Å². The quantitative estimate of drug-likeness (QED) is 0.853. The monoisotopic (exact) mass is 225 g/mol. The Morgan fingerprint density at radius 1 is 1.25 bits per heavy atom. The molecule has 0 atom stereocenters. The number of rotatable bonds is 2. The molecular formula is C11H9F2NO2. The third kappa shape index (κ3) is 1.94. The summed E-state index contributed by atoms with van der Waals surface area (Å²) in [5, 5.41) is 9.02. The second-order valence-corrected chi connectivity index (χ2v) is 3.32. The maximum Gasteiger partial charge on any atom is 0.192 e. The van der Waals surface area contributed by atoms with Crippen molar-refractivity contribution in [3.05, 3.63) is 41.4 Å². The number of oxazole rings is 1. The lowest BCUT2D eigenvalue weighted by Crippen LogP contribution is -1.89. The minimum Gasteiger partial charge on any atom is -0.441 e. The molecule has 0 amide bonds. The van der Waals surface area contributed by atoms with Crippen molar-refractivity contribution in [1.29, 1.82) is 0 Å². The van der Waals surface area contributed by atoms with Crippen molar-refractivity contribution in [3.63, 3.8) is 0 Å². The van der Waals surface area contributed by atoms with Crippen molar-refractivity contribution in [2.24, 2.45) is 0 Å². The van der Waals surface area contributed by atoms with E-state index in [9.17, 15) is 8.78 Å². The van der Waals surface area contributed by atoms with Crippen LogP contribution in [0.25, 0.3) is 11.3 Å². The zero-order chi connectivity index (χ0) is 11.7. The van der Waals surface area contributed by atoms with Gasteiger partial charge in [0.25, 0.3) is 0 Å². The van der Waals surface area contributed by atoms with E-state index in [0.717, 1.165) is 18.2 Å². The molecule has 2 aromatic rings. The van der Waals surface area contributed by atoms with Crippen LogP contribution in [0, 0.1) is 18.6 Å². The molecule has 16 heavy (non-hydrogen) atoms. The molecule has 3 nitrogen and oxygen atoms in total. The molecule has 0 saturated carbocycles. The lowest BCUT2D eigenvalue weighted by Gasteiger charge is -1.99. The molecule has 0 fully saturated rings. The largest absolute Gasteiger partial charge is 0.441 e. The maximum absolute atomic E-state index is 13.0. The Balaban J connectivity index is 2.57. The van der Waals surface area contributed by atoms with Crippen LogP contribution in [0.2, 0.25) is 0 Å². The highest BCUT2D eigenvalue weighted by atomic mass is 19.1. The van der Waals surface area contributed by atoms with E-state index >= 15 is 0 Å². The van der Waals surface area contributed by atoms with Crippen LogP contribution < -0.4 is 0 Å². The molecule has 0 saturated heterocycles. The summed E-state index contributed by atoms with van der Waals surface area (Å²) in [4.78, 5) is 3.90. The smallest absolute Gasteiger partial charge is 0.192 e. The van der Waals surface area contributed by atoms with Crippen molar-refractivity contribution in [1.82, 2.24) is 4.98 Å². The summed E-state index contributed by atoms with van der Waals surface area (Å²) >= 11 is 0. The Bertz CT molecular complexity index is 502. The molecule has 2 rings (SSSR count). The Morgan fingerprint density at radius 3 is 2.44 bits per heavy atom. The van der Waals surface area contributed by atoms with Gasteiger partial charge in [0, 0.05) is 18.6 Å². The van der Waals surface area contributed by atoms with Gasteiger partial charge in [0.1, 0.15) is 17.3 Å². The van der Waals surface area contributed by atoms with Gasteiger partial charge in [-0.15, -0.1) is 0 Å². The number of aromatic nitrogens is 1. The summed E-state index contributed by atoms with van der Waals surface area (Å²) in [6.45, 7) is 1.25. The van der Waals surface area contributed by atoms with Crippen LogP contribution in [-0.2, 0) is 6.61 Å². The lowest BCUT2D eigenvalue weighted by molar-refractivity contribution is 0.277. The van der Waals surface area contributed by atoms with Crippen molar-refractivity contribution in [2.45, 2.75) is 13.5 Å². The van der Waals surface area contributed by atoms with Crippen molar-refractivity contribution < 1.29 is 18.3 Å². The summed E-state index contributed by atoms with van der Waals surface area (Å²) in [7, 11) is 0. The minimum absolute atomic E-state index is 0.193. The molecule has 1 heterocycles. The van der Waals surface area contributed by atoms with Gasteiger partial charge in [-0.25, -0.2) is 13.8 Å². The first-order valence-electron chi connectivity index (χ1n) is 4.64. The zero-order valence-electron chi connectivity index (χ0n) is 8.50. The predicted molar refractivity (Wildman–Crippen MR) is 52.5 cm³/mol. The Labute approximate surface area is 90.4 Å². The Morgan fingerprint density at radius 2 is 1.88 bits per heavy atom. The molecule has 0 radical (unpaired) electrons. The molecule has 0 unspecified atom stereocenters. The molecule has 0 aliphatic heterocycles. The molecule has 0 aliphatic carbocycles. The van der Waals surface area contributed by atoms with E-state index in [-0.39, 0.29) is 23.6 Å². The third-order valence-electron chi connectivity index (χ3n) is 2.08. The summed E-state index contributed by atoms with van der Waals surface area (Å²) in [5.74, 6) is -0.872. The number of aliphatic hydroxyl groups is 1. The zero-order valence-corrected chi connectivity index (χ0v) is 8.50. The summed E-state index contributed by atoms with van der Waals surface area (Å²) in [5.41, 5.74) is 0.490. The predicted octanol–water partition coefficient (Wildman–Crippen LogP) is 2.42. The van der Waals surface area contributed by atoms with Crippen LogP contribution in [-0.4, -0.2) is 10.1 Å². The van der Waals surface area contributed by atoms with Crippen LogP contribution in [0.3, 0.4) is 0 Å². The number of hydrogen-bond acceptors (Lipinski definition) is 3. The number of aliphatic hydroxyl groups excluding tert-OH is 1. The fourth-order valence-electron chi connectivity index (χ4n) is 1.49. The topological polar surface area (TPSA) is 46.3 Å². The van der Waals surface area contributed by atoms with Gasteiger partial charge in [0.05, 0.1) is 6.61 Å². The average Bonchev–Trinajstić information content (AvgIpc) is 2.58. The molecule has 84 valence electrons. The van der Waals surface area contributed by atoms with Gasteiger partial charge < -0.3 is 9.52 Å². The molecule has 0 aliphatic rings. The molecular weight excluding hydrogens is 216 g/mol. The third-order valence-corrected chi connectivity index (χ3v) is 2.08. The Kier molecular flexibility index (Phi) is 2.70. The first kappa shape index (κ1) is 10.8. The van der Waals surface area contributed by atoms with Crippen molar-refractivity contribution >= 4 is 0 Å². The first-order valence-corrected chi connectivity index (χ1v) is 4.64. The standard InChI is InChI=1S/C11H9F2NO2/c1-6-14-10(5-15)11(16-6)7-2-8(12)4-9(13)3-7/h2-4,15H,5H2,1H3. The van der Waals surface area contributed by atoms with E-state index in [0.29, 0.717) is 5.89 Å². The van der Waals surface area contributed by atoms with Crippen LogP contribution in [0.15, 0.2) is 22.6 Å². The summed E-state index contributed by atoms with van der Waals surface area (Å²) < 4.78 is 31.2. The second kappa shape index (κ2) is 4.02. The number of benzene rings is 1. The van der Waals surface area contributed by atoms with Gasteiger partial charge in [-0.2, -0.15) is 0 Å². The summed E-state index contributed by atoms with van der Waals surface area (Å²) in [6.07, 6.45) is 0. The van der Waals surface area contributed by atoms with E-state index in [1.165, 1.54) is 0 Å². The van der Waals surface area contributed by atoms with E-state index < -0.39 is 11.6 Å². The molecule has 0 bridgehead atoms. The number of nitrogens with zero attached hydrogens (tertiary/aromatic N) is 1. The van der Waals surface area contributed by atoms with Gasteiger partial charge in [-0.1, -0.05) is 0 Å². The van der Waals surface area contributed by atoms with Gasteiger partial charge in [-0.05, 0) is 12.1 Å². The number of hydrogen-bond donors (Lipinski definition) is 1. The SMILES string of the molecule is Cc1nc(CO)c(-c2cc(F)cc(F)c2)o1. The van der Waals surface area contributed by atoms with Crippen LogP contribution in [0.4, 0.5) is 8.78 Å². The van der Waals surface area contributed by atoms with Crippen molar-refractivity contribution in [3.8, 4) is 11.3 Å². The van der Waals surface area contributed by atoms with Crippen LogP contribution in [0.5, 0.6) is 0 Å². The van der Waals surface area contributed by atoms with Crippen LogP contribution >= 0.6 is 0 Å². The van der Waals surface area contributed by atoms with Crippen LogP contribution in [0.1, 0.15) is 11.6 Å². The summed E-state index contributed by atoms with van der Waals surface area (Å²) in [6, 6.07) is 3.02. The second-order valence-electron chi connectivity index (χ2n) is 3.32. The first-order chi connectivity index (χ1) is 7.60.